The zero-order valence-corrected chi connectivity index (χ0v) is 9.63. The van der Waals surface area contributed by atoms with Crippen LogP contribution in [-0.4, -0.2) is 21.8 Å². The summed E-state index contributed by atoms with van der Waals surface area (Å²) >= 11 is 0. The molecule has 1 N–H and O–H groups in total. The van der Waals surface area contributed by atoms with Crippen molar-refractivity contribution in [2.45, 2.75) is 25.4 Å². The van der Waals surface area contributed by atoms with E-state index in [9.17, 15) is 4.21 Å². The molecule has 1 aliphatic heterocycles. The van der Waals surface area contributed by atoms with E-state index in [1.54, 1.807) is 0 Å². The van der Waals surface area contributed by atoms with Crippen LogP contribution in [0.25, 0.3) is 0 Å². The van der Waals surface area contributed by atoms with Crippen molar-refractivity contribution >= 4 is 10.8 Å². The van der Waals surface area contributed by atoms with Crippen molar-refractivity contribution in [1.29, 1.82) is 0 Å². The van der Waals surface area contributed by atoms with Crippen LogP contribution in [0.3, 0.4) is 0 Å². The van der Waals surface area contributed by atoms with Gasteiger partial charge in [-0.3, -0.25) is 4.21 Å². The molecule has 82 valence electrons. The highest BCUT2D eigenvalue weighted by Crippen LogP contribution is 2.10. The van der Waals surface area contributed by atoms with Crippen molar-refractivity contribution in [2.75, 3.05) is 11.5 Å². The SMILES string of the molecule is O=S1CCC(NCc2ccccc2)CC1. The monoisotopic (exact) mass is 223 g/mol. The third kappa shape index (κ3) is 3.43. The predicted octanol–water partition coefficient (Wildman–Crippen LogP) is 1.69. The highest BCUT2D eigenvalue weighted by molar-refractivity contribution is 7.85. The lowest BCUT2D eigenvalue weighted by Gasteiger charge is -2.22. The van der Waals surface area contributed by atoms with Gasteiger partial charge in [-0.1, -0.05) is 30.3 Å². The van der Waals surface area contributed by atoms with E-state index in [1.165, 1.54) is 5.56 Å². The normalized spacial score (nSPS) is 26.4. The smallest absolute Gasteiger partial charge is 0.0249 e. The van der Waals surface area contributed by atoms with Crippen LogP contribution >= 0.6 is 0 Å². The van der Waals surface area contributed by atoms with E-state index >= 15 is 0 Å². The molecule has 15 heavy (non-hydrogen) atoms. The van der Waals surface area contributed by atoms with Gasteiger partial charge in [0.05, 0.1) is 0 Å². The van der Waals surface area contributed by atoms with Crippen LogP contribution in [-0.2, 0) is 17.3 Å². The fourth-order valence-electron chi connectivity index (χ4n) is 1.86. The summed E-state index contributed by atoms with van der Waals surface area (Å²) in [4.78, 5) is 0. The topological polar surface area (TPSA) is 29.1 Å². The highest BCUT2D eigenvalue weighted by atomic mass is 32.2. The number of nitrogens with one attached hydrogen (secondary N) is 1. The Bertz CT molecular complexity index is 316. The van der Waals surface area contributed by atoms with Gasteiger partial charge in [0.1, 0.15) is 0 Å². The average molecular weight is 223 g/mol. The Morgan fingerprint density at radius 1 is 1.20 bits per heavy atom. The first-order valence-corrected chi connectivity index (χ1v) is 6.96. The summed E-state index contributed by atoms with van der Waals surface area (Å²) < 4.78 is 11.2. The van der Waals surface area contributed by atoms with Gasteiger partial charge >= 0.3 is 0 Å². The Hall–Kier alpha value is -0.670. The van der Waals surface area contributed by atoms with E-state index < -0.39 is 10.8 Å². The van der Waals surface area contributed by atoms with Crippen LogP contribution < -0.4 is 5.32 Å². The number of hydrogen-bond acceptors (Lipinski definition) is 2. The summed E-state index contributed by atoms with van der Waals surface area (Å²) in [6, 6.07) is 11.0. The van der Waals surface area contributed by atoms with Crippen molar-refractivity contribution in [3.8, 4) is 0 Å². The van der Waals surface area contributed by atoms with Crippen molar-refractivity contribution in [2.24, 2.45) is 0 Å². The first-order valence-electron chi connectivity index (χ1n) is 5.47. The van der Waals surface area contributed by atoms with Crippen LogP contribution in [0, 0.1) is 0 Å². The maximum Gasteiger partial charge on any atom is 0.0249 e. The Balaban J connectivity index is 1.77. The van der Waals surface area contributed by atoms with Gasteiger partial charge in [-0.2, -0.15) is 0 Å². The molecule has 1 aromatic carbocycles. The minimum atomic E-state index is -0.549. The second-order valence-corrected chi connectivity index (χ2v) is 5.68. The zero-order valence-electron chi connectivity index (χ0n) is 8.82. The van der Waals surface area contributed by atoms with Gasteiger partial charge in [0.25, 0.3) is 0 Å². The van der Waals surface area contributed by atoms with Gasteiger partial charge in [0.15, 0.2) is 0 Å². The van der Waals surface area contributed by atoms with E-state index in [1.807, 2.05) is 6.07 Å². The molecular weight excluding hydrogens is 206 g/mol. The molecule has 1 heterocycles. The van der Waals surface area contributed by atoms with Crippen molar-refractivity contribution in [1.82, 2.24) is 5.32 Å². The third-order valence-electron chi connectivity index (χ3n) is 2.83. The molecule has 1 saturated heterocycles. The van der Waals surface area contributed by atoms with E-state index in [0.29, 0.717) is 6.04 Å². The third-order valence-corrected chi connectivity index (χ3v) is 4.21. The molecule has 1 fully saturated rings. The van der Waals surface area contributed by atoms with Gasteiger partial charge in [0, 0.05) is 34.9 Å². The van der Waals surface area contributed by atoms with Gasteiger partial charge in [-0.05, 0) is 18.4 Å². The number of benzene rings is 1. The summed E-state index contributed by atoms with van der Waals surface area (Å²) in [5.74, 6) is 1.74. The second kappa shape index (κ2) is 5.42. The first kappa shape index (κ1) is 10.8. The van der Waals surface area contributed by atoms with Gasteiger partial charge < -0.3 is 5.32 Å². The molecule has 0 aliphatic carbocycles. The lowest BCUT2D eigenvalue weighted by molar-refractivity contribution is 0.475. The van der Waals surface area contributed by atoms with Crippen LogP contribution in [0.5, 0.6) is 0 Å². The molecule has 2 nitrogen and oxygen atoms in total. The minimum absolute atomic E-state index is 0.549. The van der Waals surface area contributed by atoms with Crippen LogP contribution in [0.15, 0.2) is 30.3 Å². The molecule has 0 atom stereocenters. The fraction of sp³-hybridized carbons (Fsp3) is 0.500. The van der Waals surface area contributed by atoms with Crippen molar-refractivity contribution < 1.29 is 4.21 Å². The van der Waals surface area contributed by atoms with Crippen LogP contribution in [0.4, 0.5) is 0 Å². The van der Waals surface area contributed by atoms with Crippen LogP contribution in [0.1, 0.15) is 18.4 Å². The lowest BCUT2D eigenvalue weighted by atomic mass is 10.1. The summed E-state index contributed by atoms with van der Waals surface area (Å²) in [5.41, 5.74) is 1.32. The van der Waals surface area contributed by atoms with E-state index in [0.717, 1.165) is 30.9 Å². The largest absolute Gasteiger partial charge is 0.310 e. The van der Waals surface area contributed by atoms with Gasteiger partial charge in [0.2, 0.25) is 0 Å². The average Bonchev–Trinajstić information content (AvgIpc) is 2.30. The molecule has 0 radical (unpaired) electrons. The van der Waals surface area contributed by atoms with E-state index in [4.69, 9.17) is 0 Å². The predicted molar refractivity (Wildman–Crippen MR) is 64.2 cm³/mol. The zero-order chi connectivity index (χ0) is 10.5. The summed E-state index contributed by atoms with van der Waals surface area (Å²) in [5, 5.41) is 3.52. The Labute approximate surface area is 93.5 Å². The van der Waals surface area contributed by atoms with Crippen molar-refractivity contribution in [3.63, 3.8) is 0 Å². The van der Waals surface area contributed by atoms with E-state index in [2.05, 4.69) is 29.6 Å². The molecule has 1 aromatic rings. The standard InChI is InChI=1S/C12H17NOS/c14-15-8-6-12(7-9-15)13-10-11-4-2-1-3-5-11/h1-5,12-13H,6-10H2. The molecular formula is C12H17NOS. The first-order chi connectivity index (χ1) is 7.34. The molecule has 3 heteroatoms. The molecule has 0 spiro atoms. The Morgan fingerprint density at radius 3 is 2.53 bits per heavy atom. The van der Waals surface area contributed by atoms with Gasteiger partial charge in [-0.25, -0.2) is 0 Å². The maximum absolute atomic E-state index is 11.2. The summed E-state index contributed by atoms with van der Waals surface area (Å²) in [6.45, 7) is 0.929. The molecule has 0 amide bonds. The van der Waals surface area contributed by atoms with E-state index in [-0.39, 0.29) is 0 Å². The molecule has 0 aromatic heterocycles. The molecule has 1 aliphatic rings. The fourth-order valence-corrected chi connectivity index (χ4v) is 3.15. The molecule has 0 unspecified atom stereocenters. The van der Waals surface area contributed by atoms with Crippen molar-refractivity contribution in [3.05, 3.63) is 35.9 Å². The quantitative estimate of drug-likeness (QED) is 0.845. The highest BCUT2D eigenvalue weighted by Gasteiger charge is 2.16. The summed E-state index contributed by atoms with van der Waals surface area (Å²) in [7, 11) is -0.549. The molecule has 2 rings (SSSR count). The Kier molecular flexibility index (Phi) is 3.92. The Morgan fingerprint density at radius 2 is 1.87 bits per heavy atom. The number of rotatable bonds is 3. The maximum atomic E-state index is 11.2. The molecule has 0 bridgehead atoms. The van der Waals surface area contributed by atoms with Gasteiger partial charge in [-0.15, -0.1) is 0 Å². The minimum Gasteiger partial charge on any atom is -0.310 e. The summed E-state index contributed by atoms with van der Waals surface area (Å²) in [6.07, 6.45) is 2.11. The number of hydrogen-bond donors (Lipinski definition) is 1. The lowest BCUT2D eigenvalue weighted by Crippen LogP contribution is -2.35. The van der Waals surface area contributed by atoms with Crippen LogP contribution in [0.2, 0.25) is 0 Å². The molecule has 0 saturated carbocycles. The second-order valence-electron chi connectivity index (χ2n) is 3.99.